The van der Waals surface area contributed by atoms with E-state index in [0.717, 1.165) is 34.4 Å². The fourth-order valence-corrected chi connectivity index (χ4v) is 4.93. The monoisotopic (exact) mass is 549 g/mol. The van der Waals surface area contributed by atoms with E-state index in [1.807, 2.05) is 25.1 Å². The molecule has 0 unspecified atom stereocenters. The lowest BCUT2D eigenvalue weighted by Gasteiger charge is -2.16. The van der Waals surface area contributed by atoms with Gasteiger partial charge in [0.2, 0.25) is 0 Å². The highest BCUT2D eigenvalue weighted by molar-refractivity contribution is 8.27. The van der Waals surface area contributed by atoms with Crippen LogP contribution in [-0.2, 0) is 17.6 Å². The summed E-state index contributed by atoms with van der Waals surface area (Å²) in [6, 6.07) is 17.1. The largest absolute Gasteiger partial charge is 0.490 e. The van der Waals surface area contributed by atoms with Crippen LogP contribution in [0.15, 0.2) is 71.6 Å². The average Bonchev–Trinajstić information content (AvgIpc) is 3.11. The molecule has 186 valence electrons. The summed E-state index contributed by atoms with van der Waals surface area (Å²) in [6.45, 7) is 2.48. The van der Waals surface area contributed by atoms with Crippen molar-refractivity contribution in [2.24, 2.45) is 0 Å². The molecule has 1 aliphatic heterocycles. The van der Waals surface area contributed by atoms with E-state index in [9.17, 15) is 18.0 Å². The maximum absolute atomic E-state index is 13.1. The van der Waals surface area contributed by atoms with E-state index in [-0.39, 0.29) is 21.5 Å². The Morgan fingerprint density at radius 1 is 1.03 bits per heavy atom. The number of benzene rings is 3. The number of alkyl halides is 3. The predicted octanol–water partition coefficient (Wildman–Crippen LogP) is 7.74. The summed E-state index contributed by atoms with van der Waals surface area (Å²) < 4.78 is 51.2. The van der Waals surface area contributed by atoms with Crippen molar-refractivity contribution in [2.75, 3.05) is 11.5 Å². The first kappa shape index (κ1) is 26.1. The van der Waals surface area contributed by atoms with E-state index in [1.54, 1.807) is 30.3 Å². The normalized spacial score (nSPS) is 15.0. The van der Waals surface area contributed by atoms with Gasteiger partial charge < -0.3 is 9.47 Å². The summed E-state index contributed by atoms with van der Waals surface area (Å²) in [6.07, 6.45) is -2.91. The van der Waals surface area contributed by atoms with Crippen LogP contribution in [-0.4, -0.2) is 16.8 Å². The summed E-state index contributed by atoms with van der Waals surface area (Å²) >= 11 is 12.5. The Bertz CT molecular complexity index is 1340. The first-order valence-electron chi connectivity index (χ1n) is 10.8. The fourth-order valence-electron chi connectivity index (χ4n) is 3.44. The number of thioether (sulfide) groups is 1. The van der Waals surface area contributed by atoms with E-state index >= 15 is 0 Å². The Kier molecular flexibility index (Phi) is 7.92. The molecule has 1 aliphatic rings. The molecule has 0 aromatic heterocycles. The predicted molar refractivity (Wildman–Crippen MR) is 140 cm³/mol. The quantitative estimate of drug-likeness (QED) is 0.223. The number of halogens is 4. The van der Waals surface area contributed by atoms with Gasteiger partial charge in [0.05, 0.1) is 22.8 Å². The molecule has 0 aliphatic carbocycles. The minimum absolute atomic E-state index is 0.0639. The number of hydrogen-bond acceptors (Lipinski definition) is 5. The third-order valence-corrected chi connectivity index (χ3v) is 6.80. The van der Waals surface area contributed by atoms with Crippen molar-refractivity contribution in [3.05, 3.63) is 93.3 Å². The molecule has 1 heterocycles. The molecule has 1 fully saturated rings. The number of carbonyl (C=O) groups is 1. The van der Waals surface area contributed by atoms with Crippen molar-refractivity contribution in [1.82, 2.24) is 0 Å². The molecule has 0 N–H and O–H groups in total. The number of anilines is 1. The highest BCUT2D eigenvalue weighted by atomic mass is 35.5. The number of thiocarbonyl (C=S) groups is 1. The molecular formula is C26H19ClF3NO3S2. The molecule has 4 nitrogen and oxygen atoms in total. The number of carbonyl (C=O) groups excluding carboxylic acids is 1. The van der Waals surface area contributed by atoms with Crippen LogP contribution in [0.5, 0.6) is 11.5 Å². The van der Waals surface area contributed by atoms with Gasteiger partial charge in [-0.05, 0) is 55.0 Å². The van der Waals surface area contributed by atoms with Crippen molar-refractivity contribution >= 4 is 57.6 Å². The lowest BCUT2D eigenvalue weighted by molar-refractivity contribution is -0.137. The molecule has 1 saturated heterocycles. The van der Waals surface area contributed by atoms with E-state index in [4.69, 9.17) is 33.3 Å². The fraction of sp³-hybridized carbons (Fsp3) is 0.154. The van der Waals surface area contributed by atoms with Crippen molar-refractivity contribution in [1.29, 1.82) is 0 Å². The second-order valence-electron chi connectivity index (χ2n) is 7.58. The number of ether oxygens (including phenoxy) is 2. The maximum Gasteiger partial charge on any atom is 0.416 e. The minimum Gasteiger partial charge on any atom is -0.490 e. The second-order valence-corrected chi connectivity index (χ2v) is 9.67. The van der Waals surface area contributed by atoms with Crippen LogP contribution >= 0.6 is 35.6 Å². The lowest BCUT2D eigenvalue weighted by atomic mass is 10.1. The van der Waals surface area contributed by atoms with Crippen LogP contribution in [0.4, 0.5) is 18.9 Å². The Labute approximate surface area is 220 Å². The van der Waals surface area contributed by atoms with Gasteiger partial charge >= 0.3 is 6.18 Å². The van der Waals surface area contributed by atoms with Gasteiger partial charge in [-0.15, -0.1) is 0 Å². The molecule has 4 rings (SSSR count). The third-order valence-electron chi connectivity index (χ3n) is 5.13. The van der Waals surface area contributed by atoms with E-state index < -0.39 is 17.6 Å². The number of hydrogen-bond donors (Lipinski definition) is 0. The molecular weight excluding hydrogens is 531 g/mol. The van der Waals surface area contributed by atoms with Gasteiger partial charge in [0, 0.05) is 10.6 Å². The third kappa shape index (κ3) is 5.86. The van der Waals surface area contributed by atoms with Crippen LogP contribution in [0.1, 0.15) is 23.6 Å². The van der Waals surface area contributed by atoms with Gasteiger partial charge in [-0.2, -0.15) is 13.2 Å². The summed E-state index contributed by atoms with van der Waals surface area (Å²) in [4.78, 5) is 14.4. The Balaban J connectivity index is 1.57. The molecule has 0 bridgehead atoms. The first-order chi connectivity index (χ1) is 17.2. The Hall–Kier alpha value is -3.01. The minimum atomic E-state index is -4.53. The molecule has 0 saturated carbocycles. The van der Waals surface area contributed by atoms with Crippen molar-refractivity contribution in [3.8, 4) is 11.5 Å². The first-order valence-corrected chi connectivity index (χ1v) is 12.4. The molecule has 10 heteroatoms. The Morgan fingerprint density at radius 2 is 1.81 bits per heavy atom. The zero-order valence-corrected chi connectivity index (χ0v) is 21.2. The maximum atomic E-state index is 13.1. The highest BCUT2D eigenvalue weighted by Crippen LogP contribution is 2.39. The second kappa shape index (κ2) is 10.9. The van der Waals surface area contributed by atoms with Crippen LogP contribution in [0.25, 0.3) is 6.08 Å². The van der Waals surface area contributed by atoms with Gasteiger partial charge in [0.15, 0.2) is 15.8 Å². The molecule has 3 aromatic carbocycles. The molecule has 0 atom stereocenters. The van der Waals surface area contributed by atoms with Crippen LogP contribution < -0.4 is 14.4 Å². The van der Waals surface area contributed by atoms with E-state index in [2.05, 4.69) is 0 Å². The van der Waals surface area contributed by atoms with E-state index in [0.29, 0.717) is 28.7 Å². The summed E-state index contributed by atoms with van der Waals surface area (Å²) in [5.74, 6) is 0.485. The lowest BCUT2D eigenvalue weighted by Crippen LogP contribution is -2.27. The molecule has 0 radical (unpaired) electrons. The van der Waals surface area contributed by atoms with Crippen LogP contribution in [0.2, 0.25) is 5.02 Å². The van der Waals surface area contributed by atoms with Gasteiger partial charge in [0.1, 0.15) is 6.61 Å². The van der Waals surface area contributed by atoms with Crippen LogP contribution in [0.3, 0.4) is 0 Å². The Morgan fingerprint density at radius 3 is 2.53 bits per heavy atom. The van der Waals surface area contributed by atoms with Gasteiger partial charge in [-0.25, -0.2) is 0 Å². The summed E-state index contributed by atoms with van der Waals surface area (Å²) in [5, 5.41) is 0.592. The number of rotatable bonds is 7. The topological polar surface area (TPSA) is 38.8 Å². The smallest absolute Gasteiger partial charge is 0.416 e. The van der Waals surface area contributed by atoms with Gasteiger partial charge in [0.25, 0.3) is 5.91 Å². The van der Waals surface area contributed by atoms with Gasteiger partial charge in [-0.1, -0.05) is 65.9 Å². The SMILES string of the molecule is CCOc1cc(C=C2SC(=S)N(c3cccc(C(F)(F)F)c3)C2=O)ccc1OCc1ccccc1Cl. The molecule has 36 heavy (non-hydrogen) atoms. The van der Waals surface area contributed by atoms with Crippen molar-refractivity contribution in [3.63, 3.8) is 0 Å². The number of nitrogens with zero attached hydrogens (tertiary/aromatic N) is 1. The molecule has 1 amide bonds. The summed E-state index contributed by atoms with van der Waals surface area (Å²) in [5.41, 5.74) is 0.679. The molecule has 0 spiro atoms. The van der Waals surface area contributed by atoms with Crippen LogP contribution in [0, 0.1) is 0 Å². The van der Waals surface area contributed by atoms with Crippen molar-refractivity contribution in [2.45, 2.75) is 19.7 Å². The average molecular weight is 550 g/mol. The zero-order chi connectivity index (χ0) is 25.9. The van der Waals surface area contributed by atoms with Crippen molar-refractivity contribution < 1.29 is 27.4 Å². The van der Waals surface area contributed by atoms with E-state index in [1.165, 1.54) is 12.1 Å². The zero-order valence-electron chi connectivity index (χ0n) is 18.8. The number of amides is 1. The highest BCUT2D eigenvalue weighted by Gasteiger charge is 2.36. The summed E-state index contributed by atoms with van der Waals surface area (Å²) in [7, 11) is 0. The van der Waals surface area contributed by atoms with Gasteiger partial charge in [-0.3, -0.25) is 9.69 Å². The molecule has 3 aromatic rings. The standard InChI is InChI=1S/C26H19ClF3NO3S2/c1-2-33-22-12-16(10-11-21(22)34-15-17-6-3-4-9-20(17)27)13-23-24(32)31(25(35)36-23)19-8-5-7-18(14-19)26(28,29)30/h3-14H,2,15H2,1H3.